The Balaban J connectivity index is 2.73. The molecule has 88 valence electrons. The molecule has 0 atom stereocenters. The van der Waals surface area contributed by atoms with Crippen LogP contribution in [-0.4, -0.2) is 31.6 Å². The highest BCUT2D eigenvalue weighted by molar-refractivity contribution is 7.85. The van der Waals surface area contributed by atoms with Gasteiger partial charge in [0, 0.05) is 12.0 Å². The van der Waals surface area contributed by atoms with Gasteiger partial charge in [-0.2, -0.15) is 8.42 Å². The molecule has 1 aromatic carbocycles. The van der Waals surface area contributed by atoms with Gasteiger partial charge < -0.3 is 4.74 Å². The van der Waals surface area contributed by atoms with E-state index in [4.69, 9.17) is 9.29 Å². The largest absolute Gasteiger partial charge is 0.497 e. The van der Waals surface area contributed by atoms with Crippen LogP contribution in [0, 0.1) is 0 Å². The minimum atomic E-state index is -4.09. The number of carbonyl (C=O) groups is 1. The smallest absolute Gasteiger partial charge is 0.265 e. The third kappa shape index (κ3) is 4.00. The molecule has 0 unspecified atom stereocenters. The molecular formula is C10H12O5S. The van der Waals surface area contributed by atoms with E-state index in [0.717, 1.165) is 0 Å². The first-order valence-electron chi connectivity index (χ1n) is 4.55. The number of hydrogen-bond acceptors (Lipinski definition) is 4. The van der Waals surface area contributed by atoms with Crippen molar-refractivity contribution >= 4 is 15.9 Å². The molecule has 5 nitrogen and oxygen atoms in total. The van der Waals surface area contributed by atoms with Crippen LogP contribution in [0.15, 0.2) is 24.3 Å². The van der Waals surface area contributed by atoms with Crippen LogP contribution < -0.4 is 4.74 Å². The Morgan fingerprint density at radius 2 is 2.12 bits per heavy atom. The molecule has 0 spiro atoms. The SMILES string of the molecule is COc1cccc(C(=O)CCS(=O)(=O)O)c1. The summed E-state index contributed by atoms with van der Waals surface area (Å²) in [5.41, 5.74) is 0.364. The maximum absolute atomic E-state index is 11.5. The molecule has 1 rings (SSSR count). The topological polar surface area (TPSA) is 80.7 Å². The lowest BCUT2D eigenvalue weighted by Crippen LogP contribution is -2.10. The van der Waals surface area contributed by atoms with E-state index in [0.29, 0.717) is 11.3 Å². The van der Waals surface area contributed by atoms with Gasteiger partial charge in [-0.15, -0.1) is 0 Å². The Bertz CT molecular complexity index is 478. The van der Waals surface area contributed by atoms with Gasteiger partial charge in [-0.05, 0) is 12.1 Å². The number of Topliss-reactive ketones (excluding diaryl/α,β-unsaturated/α-hetero) is 1. The summed E-state index contributed by atoms with van der Waals surface area (Å²) in [6.07, 6.45) is -0.244. The highest BCUT2D eigenvalue weighted by Crippen LogP contribution is 2.14. The Hall–Kier alpha value is -1.40. The molecule has 0 aliphatic heterocycles. The van der Waals surface area contributed by atoms with Crippen molar-refractivity contribution in [3.63, 3.8) is 0 Å². The van der Waals surface area contributed by atoms with Gasteiger partial charge in [-0.25, -0.2) is 0 Å². The molecule has 0 saturated carbocycles. The molecule has 1 aromatic rings. The van der Waals surface area contributed by atoms with E-state index in [1.54, 1.807) is 18.2 Å². The normalized spacial score (nSPS) is 11.1. The number of hydrogen-bond donors (Lipinski definition) is 1. The molecule has 0 aromatic heterocycles. The first-order valence-corrected chi connectivity index (χ1v) is 6.16. The van der Waals surface area contributed by atoms with Gasteiger partial charge in [0.15, 0.2) is 5.78 Å². The van der Waals surface area contributed by atoms with Crippen molar-refractivity contribution < 1.29 is 22.5 Å². The van der Waals surface area contributed by atoms with Crippen LogP contribution in [0.2, 0.25) is 0 Å². The maximum Gasteiger partial charge on any atom is 0.265 e. The van der Waals surface area contributed by atoms with E-state index < -0.39 is 15.9 Å². The Kier molecular flexibility index (Phi) is 4.03. The molecule has 0 radical (unpaired) electrons. The van der Waals surface area contributed by atoms with Gasteiger partial charge in [0.05, 0.1) is 12.9 Å². The average Bonchev–Trinajstić information content (AvgIpc) is 2.25. The molecule has 16 heavy (non-hydrogen) atoms. The summed E-state index contributed by atoms with van der Waals surface area (Å²) >= 11 is 0. The minimum Gasteiger partial charge on any atom is -0.497 e. The Morgan fingerprint density at radius 1 is 1.44 bits per heavy atom. The molecule has 6 heteroatoms. The fourth-order valence-corrected chi connectivity index (χ4v) is 1.61. The quantitative estimate of drug-likeness (QED) is 0.621. The predicted molar refractivity (Wildman–Crippen MR) is 58.4 cm³/mol. The highest BCUT2D eigenvalue weighted by Gasteiger charge is 2.11. The first-order chi connectivity index (χ1) is 7.42. The molecule has 0 aliphatic rings. The second-order valence-corrected chi connectivity index (χ2v) is 4.76. The van der Waals surface area contributed by atoms with Crippen molar-refractivity contribution in [2.24, 2.45) is 0 Å². The van der Waals surface area contributed by atoms with Gasteiger partial charge in [-0.1, -0.05) is 12.1 Å². The van der Waals surface area contributed by atoms with Gasteiger partial charge in [0.25, 0.3) is 10.1 Å². The molecule has 0 aliphatic carbocycles. The molecule has 1 N–H and O–H groups in total. The molecule has 0 fully saturated rings. The number of methoxy groups -OCH3 is 1. The lowest BCUT2D eigenvalue weighted by atomic mass is 10.1. The summed E-state index contributed by atoms with van der Waals surface area (Å²) in [6.45, 7) is 0. The lowest BCUT2D eigenvalue weighted by Gasteiger charge is -2.03. The van der Waals surface area contributed by atoms with Crippen LogP contribution >= 0.6 is 0 Å². The zero-order valence-electron chi connectivity index (χ0n) is 8.71. The van der Waals surface area contributed by atoms with Crippen molar-refractivity contribution in [1.29, 1.82) is 0 Å². The summed E-state index contributed by atoms with van der Waals surface area (Å²) in [5.74, 6) is -0.391. The van der Waals surface area contributed by atoms with Gasteiger partial charge in [0.2, 0.25) is 0 Å². The number of ether oxygens (including phenoxy) is 1. The summed E-state index contributed by atoms with van der Waals surface area (Å²) < 4.78 is 34.4. The van der Waals surface area contributed by atoms with Crippen molar-refractivity contribution in [2.75, 3.05) is 12.9 Å². The van der Waals surface area contributed by atoms with E-state index in [2.05, 4.69) is 0 Å². The van der Waals surface area contributed by atoms with Gasteiger partial charge in [0.1, 0.15) is 5.75 Å². The fraction of sp³-hybridized carbons (Fsp3) is 0.300. The second kappa shape index (κ2) is 5.09. The van der Waals surface area contributed by atoms with E-state index in [-0.39, 0.29) is 12.2 Å². The monoisotopic (exact) mass is 244 g/mol. The number of carbonyl (C=O) groups excluding carboxylic acids is 1. The molecule has 0 saturated heterocycles. The van der Waals surface area contributed by atoms with E-state index in [1.807, 2.05) is 0 Å². The van der Waals surface area contributed by atoms with Crippen molar-refractivity contribution in [3.05, 3.63) is 29.8 Å². The molecule has 0 amide bonds. The third-order valence-corrected chi connectivity index (χ3v) is 2.70. The number of ketones is 1. The summed E-state index contributed by atoms with van der Waals surface area (Å²) in [7, 11) is -2.62. The molecular weight excluding hydrogens is 232 g/mol. The lowest BCUT2D eigenvalue weighted by molar-refractivity contribution is 0.0987. The van der Waals surface area contributed by atoms with Crippen LogP contribution in [0.3, 0.4) is 0 Å². The maximum atomic E-state index is 11.5. The van der Waals surface area contributed by atoms with Crippen LogP contribution in [-0.2, 0) is 10.1 Å². The first kappa shape index (κ1) is 12.7. The zero-order chi connectivity index (χ0) is 12.2. The van der Waals surface area contributed by atoms with E-state index in [1.165, 1.54) is 13.2 Å². The van der Waals surface area contributed by atoms with Crippen molar-refractivity contribution in [3.8, 4) is 5.75 Å². The summed E-state index contributed by atoms with van der Waals surface area (Å²) in [4.78, 5) is 11.5. The van der Waals surface area contributed by atoms with Crippen LogP contribution in [0.25, 0.3) is 0 Å². The van der Waals surface area contributed by atoms with E-state index >= 15 is 0 Å². The number of benzene rings is 1. The van der Waals surface area contributed by atoms with Gasteiger partial charge in [-0.3, -0.25) is 9.35 Å². The fourth-order valence-electron chi connectivity index (χ4n) is 1.16. The Morgan fingerprint density at radius 3 is 2.69 bits per heavy atom. The summed E-state index contributed by atoms with van der Waals surface area (Å²) in [5, 5.41) is 0. The van der Waals surface area contributed by atoms with Crippen molar-refractivity contribution in [1.82, 2.24) is 0 Å². The van der Waals surface area contributed by atoms with E-state index in [9.17, 15) is 13.2 Å². The zero-order valence-corrected chi connectivity index (χ0v) is 9.53. The van der Waals surface area contributed by atoms with Crippen LogP contribution in [0.4, 0.5) is 0 Å². The van der Waals surface area contributed by atoms with Crippen molar-refractivity contribution in [2.45, 2.75) is 6.42 Å². The average molecular weight is 244 g/mol. The highest BCUT2D eigenvalue weighted by atomic mass is 32.2. The predicted octanol–water partition coefficient (Wildman–Crippen LogP) is 1.16. The Labute approximate surface area is 93.8 Å². The second-order valence-electron chi connectivity index (χ2n) is 3.19. The minimum absolute atomic E-state index is 0.244. The molecule has 0 bridgehead atoms. The summed E-state index contributed by atoms with van der Waals surface area (Å²) in [6, 6.07) is 6.40. The third-order valence-electron chi connectivity index (χ3n) is 1.98. The standard InChI is InChI=1S/C10H12O5S/c1-15-9-4-2-3-8(7-9)10(11)5-6-16(12,13)14/h2-4,7H,5-6H2,1H3,(H,12,13,14). The number of rotatable bonds is 5. The van der Waals surface area contributed by atoms with Crippen LogP contribution in [0.5, 0.6) is 5.75 Å². The molecule has 0 heterocycles. The van der Waals surface area contributed by atoms with Gasteiger partial charge >= 0.3 is 0 Å². The van der Waals surface area contributed by atoms with Crippen LogP contribution in [0.1, 0.15) is 16.8 Å².